The standard InChI is InChI=1S/C26H19ClF3NO3/c27-18-8-6-16(7-9-18)12-13-31-14-20-21(33-15-31)11-10-19-23(32)22(17-4-2-1-3-5-17)25(26(28,29)30)34-24(19)20/h1-11H,12-15H2. The van der Waals surface area contributed by atoms with Gasteiger partial charge >= 0.3 is 6.18 Å². The van der Waals surface area contributed by atoms with Crippen molar-refractivity contribution in [3.05, 3.63) is 98.9 Å². The lowest BCUT2D eigenvalue weighted by atomic mass is 10.00. The number of alkyl halides is 3. The number of hydrogen-bond acceptors (Lipinski definition) is 4. The molecule has 0 atom stereocenters. The minimum Gasteiger partial charge on any atom is -0.478 e. The SMILES string of the molecule is O=c1c(-c2ccccc2)c(C(F)(F)F)oc2c3c(ccc12)OCN(CCc1ccc(Cl)cc1)C3. The summed E-state index contributed by atoms with van der Waals surface area (Å²) in [6.07, 6.45) is -4.14. The van der Waals surface area contributed by atoms with E-state index in [0.29, 0.717) is 35.8 Å². The molecule has 0 unspecified atom stereocenters. The van der Waals surface area contributed by atoms with E-state index < -0.39 is 22.9 Å². The van der Waals surface area contributed by atoms with Crippen molar-refractivity contribution in [2.75, 3.05) is 13.3 Å². The Kier molecular flexibility index (Phi) is 5.83. The molecule has 0 radical (unpaired) electrons. The molecule has 4 aromatic rings. The van der Waals surface area contributed by atoms with Crippen molar-refractivity contribution >= 4 is 22.6 Å². The third-order valence-corrected chi connectivity index (χ3v) is 6.11. The zero-order valence-corrected chi connectivity index (χ0v) is 18.6. The van der Waals surface area contributed by atoms with Gasteiger partial charge in [-0.1, -0.05) is 54.1 Å². The first-order chi connectivity index (χ1) is 16.3. The van der Waals surface area contributed by atoms with Crippen LogP contribution in [0.15, 0.2) is 75.9 Å². The Morgan fingerprint density at radius 2 is 1.71 bits per heavy atom. The topological polar surface area (TPSA) is 42.7 Å². The first-order valence-electron chi connectivity index (χ1n) is 10.7. The first-order valence-corrected chi connectivity index (χ1v) is 11.0. The molecular formula is C26H19ClF3NO3. The molecule has 0 fully saturated rings. The van der Waals surface area contributed by atoms with E-state index in [2.05, 4.69) is 0 Å². The van der Waals surface area contributed by atoms with Gasteiger partial charge in [-0.15, -0.1) is 0 Å². The summed E-state index contributed by atoms with van der Waals surface area (Å²) in [4.78, 5) is 15.2. The summed E-state index contributed by atoms with van der Waals surface area (Å²) in [5.74, 6) is -0.887. The van der Waals surface area contributed by atoms with Crippen LogP contribution >= 0.6 is 11.6 Å². The lowest BCUT2D eigenvalue weighted by Crippen LogP contribution is -2.34. The molecule has 1 aliphatic rings. The fourth-order valence-electron chi connectivity index (χ4n) is 4.16. The van der Waals surface area contributed by atoms with Crippen molar-refractivity contribution in [2.24, 2.45) is 0 Å². The van der Waals surface area contributed by atoms with Crippen LogP contribution in [0.1, 0.15) is 16.9 Å². The van der Waals surface area contributed by atoms with Gasteiger partial charge in [0, 0.05) is 18.1 Å². The summed E-state index contributed by atoms with van der Waals surface area (Å²) >= 11 is 5.93. The lowest BCUT2D eigenvalue weighted by molar-refractivity contribution is -0.152. The number of rotatable bonds is 4. The van der Waals surface area contributed by atoms with Gasteiger partial charge in [0.05, 0.1) is 16.5 Å². The lowest BCUT2D eigenvalue weighted by Gasteiger charge is -2.29. The van der Waals surface area contributed by atoms with Crippen molar-refractivity contribution in [3.63, 3.8) is 0 Å². The molecule has 0 bridgehead atoms. The monoisotopic (exact) mass is 485 g/mol. The summed E-state index contributed by atoms with van der Waals surface area (Å²) in [6, 6.07) is 18.3. The Morgan fingerprint density at radius 1 is 0.971 bits per heavy atom. The predicted octanol–water partition coefficient (Wildman–Crippen LogP) is 6.53. The average molecular weight is 486 g/mol. The van der Waals surface area contributed by atoms with Crippen molar-refractivity contribution in [2.45, 2.75) is 19.1 Å². The number of hydrogen-bond donors (Lipinski definition) is 0. The molecule has 0 saturated carbocycles. The van der Waals surface area contributed by atoms with Crippen LogP contribution in [-0.4, -0.2) is 18.2 Å². The molecular weight excluding hydrogens is 467 g/mol. The third-order valence-electron chi connectivity index (χ3n) is 5.85. The maximum absolute atomic E-state index is 14.0. The number of nitrogens with zero attached hydrogens (tertiary/aromatic N) is 1. The molecule has 34 heavy (non-hydrogen) atoms. The van der Waals surface area contributed by atoms with Crippen LogP contribution in [0.3, 0.4) is 0 Å². The molecule has 2 heterocycles. The molecule has 4 nitrogen and oxygen atoms in total. The Morgan fingerprint density at radius 3 is 2.41 bits per heavy atom. The number of fused-ring (bicyclic) bond motifs is 3. The van der Waals surface area contributed by atoms with Crippen molar-refractivity contribution < 1.29 is 22.3 Å². The van der Waals surface area contributed by atoms with Crippen LogP contribution in [0, 0.1) is 0 Å². The van der Waals surface area contributed by atoms with Gasteiger partial charge in [-0.05, 0) is 41.8 Å². The van der Waals surface area contributed by atoms with E-state index in [-0.39, 0.29) is 23.3 Å². The molecule has 0 spiro atoms. The largest absolute Gasteiger partial charge is 0.478 e. The van der Waals surface area contributed by atoms with Crippen LogP contribution in [0.4, 0.5) is 13.2 Å². The summed E-state index contributed by atoms with van der Waals surface area (Å²) in [7, 11) is 0. The van der Waals surface area contributed by atoms with E-state index in [9.17, 15) is 18.0 Å². The molecule has 0 N–H and O–H groups in total. The summed E-state index contributed by atoms with van der Waals surface area (Å²) in [5, 5.41) is 0.740. The average Bonchev–Trinajstić information content (AvgIpc) is 2.83. The van der Waals surface area contributed by atoms with E-state index in [4.69, 9.17) is 20.8 Å². The Labute approximate surface area is 198 Å². The van der Waals surface area contributed by atoms with E-state index in [0.717, 1.165) is 5.56 Å². The maximum atomic E-state index is 14.0. The van der Waals surface area contributed by atoms with E-state index in [1.807, 2.05) is 29.2 Å². The van der Waals surface area contributed by atoms with Gasteiger partial charge < -0.3 is 9.15 Å². The van der Waals surface area contributed by atoms with Crippen molar-refractivity contribution in [1.82, 2.24) is 4.90 Å². The third kappa shape index (κ3) is 4.29. The predicted molar refractivity (Wildman–Crippen MR) is 124 cm³/mol. The van der Waals surface area contributed by atoms with Crippen molar-refractivity contribution in [1.29, 1.82) is 0 Å². The molecule has 1 aromatic heterocycles. The highest BCUT2D eigenvalue weighted by atomic mass is 35.5. The second-order valence-electron chi connectivity index (χ2n) is 8.12. The highest BCUT2D eigenvalue weighted by Crippen LogP contribution is 2.40. The Hall–Kier alpha value is -3.29. The zero-order chi connectivity index (χ0) is 23.9. The van der Waals surface area contributed by atoms with Gasteiger partial charge in [-0.3, -0.25) is 9.69 Å². The zero-order valence-electron chi connectivity index (χ0n) is 17.9. The van der Waals surface area contributed by atoms with Gasteiger partial charge in [0.25, 0.3) is 0 Å². The van der Waals surface area contributed by atoms with Gasteiger partial charge in [-0.2, -0.15) is 13.2 Å². The normalized spacial score (nSPS) is 14.1. The molecule has 1 aliphatic heterocycles. The Bertz CT molecular complexity index is 1400. The minimum atomic E-state index is -4.84. The number of halogens is 4. The molecule has 0 saturated heterocycles. The van der Waals surface area contributed by atoms with Crippen LogP contribution < -0.4 is 10.2 Å². The van der Waals surface area contributed by atoms with Crippen LogP contribution in [0.2, 0.25) is 5.02 Å². The quantitative estimate of drug-likeness (QED) is 0.330. The molecule has 3 aromatic carbocycles. The smallest absolute Gasteiger partial charge is 0.450 e. The fraction of sp³-hybridized carbons (Fsp3) is 0.192. The van der Waals surface area contributed by atoms with E-state index in [1.165, 1.54) is 18.2 Å². The Balaban J connectivity index is 1.56. The van der Waals surface area contributed by atoms with Gasteiger partial charge in [0.1, 0.15) is 18.1 Å². The van der Waals surface area contributed by atoms with Gasteiger partial charge in [-0.25, -0.2) is 0 Å². The molecule has 0 aliphatic carbocycles. The van der Waals surface area contributed by atoms with Crippen molar-refractivity contribution in [3.8, 4) is 16.9 Å². The first kappa shape index (κ1) is 22.5. The van der Waals surface area contributed by atoms with Crippen LogP contribution in [0.5, 0.6) is 5.75 Å². The highest BCUT2D eigenvalue weighted by Gasteiger charge is 2.40. The summed E-state index contributed by atoms with van der Waals surface area (Å²) in [5.41, 5.74) is 0.362. The van der Waals surface area contributed by atoms with E-state index >= 15 is 0 Å². The molecule has 174 valence electrons. The molecule has 5 rings (SSSR count). The summed E-state index contributed by atoms with van der Waals surface area (Å²) in [6.45, 7) is 1.19. The fourth-order valence-corrected chi connectivity index (χ4v) is 4.29. The van der Waals surface area contributed by atoms with Crippen LogP contribution in [0.25, 0.3) is 22.1 Å². The minimum absolute atomic E-state index is 0.0914. The number of benzene rings is 3. The van der Waals surface area contributed by atoms with Gasteiger partial charge in [0.2, 0.25) is 11.2 Å². The second-order valence-corrected chi connectivity index (χ2v) is 8.56. The van der Waals surface area contributed by atoms with E-state index in [1.54, 1.807) is 24.3 Å². The summed E-state index contributed by atoms with van der Waals surface area (Å²) < 4.78 is 53.3. The molecule has 8 heteroatoms. The second kappa shape index (κ2) is 8.81. The maximum Gasteiger partial charge on any atom is 0.450 e. The van der Waals surface area contributed by atoms with Gasteiger partial charge in [0.15, 0.2) is 0 Å². The highest BCUT2D eigenvalue weighted by molar-refractivity contribution is 6.30. The molecule has 0 amide bonds. The number of ether oxygens (including phenoxy) is 1. The van der Waals surface area contributed by atoms with Crippen LogP contribution in [-0.2, 0) is 19.1 Å².